The van der Waals surface area contributed by atoms with Gasteiger partial charge < -0.3 is 4.74 Å². The molecule has 0 unspecified atom stereocenters. The van der Waals surface area contributed by atoms with Gasteiger partial charge in [-0.05, 0) is 37.9 Å². The van der Waals surface area contributed by atoms with Crippen LogP contribution in [0.5, 0.6) is 0 Å². The van der Waals surface area contributed by atoms with Gasteiger partial charge in [-0.15, -0.1) is 0 Å². The van der Waals surface area contributed by atoms with Crippen molar-refractivity contribution in [2.24, 2.45) is 0 Å². The Morgan fingerprint density at radius 1 is 1.35 bits per heavy atom. The highest BCUT2D eigenvalue weighted by atomic mass is 35.5. The summed E-state index contributed by atoms with van der Waals surface area (Å²) in [5, 5.41) is -0.0214. The van der Waals surface area contributed by atoms with E-state index in [1.165, 1.54) is 12.1 Å². The summed E-state index contributed by atoms with van der Waals surface area (Å²) in [6.45, 7) is 1.80. The SMILES string of the molecule is COCC[C@H]1CCCCN1Cc1c(F)ccc(Cl)c1F. The second-order valence-corrected chi connectivity index (χ2v) is 5.63. The van der Waals surface area contributed by atoms with Crippen molar-refractivity contribution in [1.82, 2.24) is 4.90 Å². The van der Waals surface area contributed by atoms with Gasteiger partial charge in [-0.1, -0.05) is 18.0 Å². The summed E-state index contributed by atoms with van der Waals surface area (Å²) in [6, 6.07) is 2.81. The Kier molecular flexibility index (Phi) is 5.75. The fourth-order valence-corrected chi connectivity index (χ4v) is 2.94. The molecule has 1 aliphatic rings. The Balaban J connectivity index is 2.12. The van der Waals surface area contributed by atoms with Gasteiger partial charge in [0.05, 0.1) is 5.02 Å². The van der Waals surface area contributed by atoms with Crippen LogP contribution in [0.3, 0.4) is 0 Å². The second kappa shape index (κ2) is 7.34. The third-order valence-electron chi connectivity index (χ3n) is 3.90. The molecule has 5 heteroatoms. The highest BCUT2D eigenvalue weighted by Crippen LogP contribution is 2.26. The largest absolute Gasteiger partial charge is 0.385 e. The number of benzene rings is 1. The predicted molar refractivity (Wildman–Crippen MR) is 75.9 cm³/mol. The standard InChI is InChI=1S/C15H20ClF2NO/c1-20-9-7-11-4-2-3-8-19(11)10-12-14(17)6-5-13(16)15(12)18/h5-6,11H,2-4,7-10H2,1H3/t11-/m1/s1. The molecule has 0 bridgehead atoms. The first-order chi connectivity index (χ1) is 9.63. The summed E-state index contributed by atoms with van der Waals surface area (Å²) in [5.41, 5.74) is 0.0711. The molecule has 0 aromatic heterocycles. The molecule has 1 saturated heterocycles. The lowest BCUT2D eigenvalue weighted by Gasteiger charge is -2.35. The van der Waals surface area contributed by atoms with Crippen LogP contribution < -0.4 is 0 Å². The fourth-order valence-electron chi connectivity index (χ4n) is 2.77. The summed E-state index contributed by atoms with van der Waals surface area (Å²) in [6.07, 6.45) is 4.16. The number of methoxy groups -OCH3 is 1. The Morgan fingerprint density at radius 2 is 2.15 bits per heavy atom. The second-order valence-electron chi connectivity index (χ2n) is 5.22. The van der Waals surface area contributed by atoms with Gasteiger partial charge >= 0.3 is 0 Å². The van der Waals surface area contributed by atoms with Gasteiger partial charge in [0.25, 0.3) is 0 Å². The van der Waals surface area contributed by atoms with Crippen molar-refractivity contribution in [1.29, 1.82) is 0 Å². The average molecular weight is 304 g/mol. The number of rotatable bonds is 5. The van der Waals surface area contributed by atoms with E-state index in [-0.39, 0.29) is 17.1 Å². The Labute approximate surface area is 123 Å². The Bertz CT molecular complexity index is 456. The molecule has 1 aromatic rings. The first-order valence-corrected chi connectivity index (χ1v) is 7.36. The number of nitrogens with zero attached hydrogens (tertiary/aromatic N) is 1. The van der Waals surface area contributed by atoms with Crippen molar-refractivity contribution in [3.05, 3.63) is 34.4 Å². The van der Waals surface area contributed by atoms with Crippen LogP contribution in [0.25, 0.3) is 0 Å². The molecule has 0 aliphatic carbocycles. The molecule has 2 rings (SSSR count). The van der Waals surface area contributed by atoms with Crippen LogP contribution in [-0.2, 0) is 11.3 Å². The first-order valence-electron chi connectivity index (χ1n) is 6.99. The van der Waals surface area contributed by atoms with E-state index in [9.17, 15) is 8.78 Å². The molecule has 20 heavy (non-hydrogen) atoms. The first kappa shape index (κ1) is 15.7. The highest BCUT2D eigenvalue weighted by Gasteiger charge is 2.24. The normalized spacial score (nSPS) is 20.3. The molecule has 2 nitrogen and oxygen atoms in total. The number of piperidine rings is 1. The van der Waals surface area contributed by atoms with E-state index in [0.717, 1.165) is 32.2 Å². The monoisotopic (exact) mass is 303 g/mol. The van der Waals surface area contributed by atoms with Crippen molar-refractivity contribution in [2.45, 2.75) is 38.3 Å². The molecule has 112 valence electrons. The van der Waals surface area contributed by atoms with E-state index in [2.05, 4.69) is 4.90 Å². The quantitative estimate of drug-likeness (QED) is 0.762. The molecule has 1 heterocycles. The molecule has 1 aromatic carbocycles. The number of hydrogen-bond acceptors (Lipinski definition) is 2. The summed E-state index contributed by atoms with van der Waals surface area (Å²) < 4.78 is 32.9. The number of likely N-dealkylation sites (tertiary alicyclic amines) is 1. The van der Waals surface area contributed by atoms with Crippen LogP contribution in [0, 0.1) is 11.6 Å². The van der Waals surface area contributed by atoms with Gasteiger partial charge in [-0.3, -0.25) is 4.90 Å². The predicted octanol–water partition coefficient (Wildman–Crippen LogP) is 4.01. The van der Waals surface area contributed by atoms with Crippen LogP contribution in [-0.4, -0.2) is 31.2 Å². The molecule has 0 spiro atoms. The molecular formula is C15H20ClF2NO. The molecule has 0 radical (unpaired) electrons. The Morgan fingerprint density at radius 3 is 2.90 bits per heavy atom. The fraction of sp³-hybridized carbons (Fsp3) is 0.600. The third kappa shape index (κ3) is 3.68. The maximum atomic E-state index is 14.0. The lowest BCUT2D eigenvalue weighted by atomic mass is 9.98. The zero-order valence-electron chi connectivity index (χ0n) is 11.7. The zero-order chi connectivity index (χ0) is 14.5. The maximum Gasteiger partial charge on any atom is 0.149 e. The van der Waals surface area contributed by atoms with E-state index < -0.39 is 11.6 Å². The smallest absolute Gasteiger partial charge is 0.149 e. The van der Waals surface area contributed by atoms with Crippen molar-refractivity contribution in [3.63, 3.8) is 0 Å². The minimum atomic E-state index is -0.636. The van der Waals surface area contributed by atoms with E-state index in [1.807, 2.05) is 0 Å². The van der Waals surface area contributed by atoms with Crippen LogP contribution in [0.15, 0.2) is 12.1 Å². The maximum absolute atomic E-state index is 14.0. The average Bonchev–Trinajstić information content (AvgIpc) is 2.46. The molecule has 0 saturated carbocycles. The molecule has 1 atom stereocenters. The minimum Gasteiger partial charge on any atom is -0.385 e. The third-order valence-corrected chi connectivity index (χ3v) is 4.20. The van der Waals surface area contributed by atoms with Crippen LogP contribution in [0.2, 0.25) is 5.02 Å². The van der Waals surface area contributed by atoms with E-state index >= 15 is 0 Å². The van der Waals surface area contributed by atoms with Gasteiger partial charge in [0.15, 0.2) is 0 Å². The minimum absolute atomic E-state index is 0.0214. The number of halogens is 3. The number of ether oxygens (including phenoxy) is 1. The lowest BCUT2D eigenvalue weighted by molar-refractivity contribution is 0.0955. The molecular weight excluding hydrogens is 284 g/mol. The van der Waals surface area contributed by atoms with Crippen molar-refractivity contribution in [3.8, 4) is 0 Å². The van der Waals surface area contributed by atoms with Crippen molar-refractivity contribution >= 4 is 11.6 Å². The summed E-state index contributed by atoms with van der Waals surface area (Å²) >= 11 is 5.74. The summed E-state index contributed by atoms with van der Waals surface area (Å²) in [4.78, 5) is 2.14. The van der Waals surface area contributed by atoms with Crippen LogP contribution >= 0.6 is 11.6 Å². The highest BCUT2D eigenvalue weighted by molar-refractivity contribution is 6.30. The van der Waals surface area contributed by atoms with E-state index in [1.54, 1.807) is 7.11 Å². The van der Waals surface area contributed by atoms with Crippen LogP contribution in [0.1, 0.15) is 31.2 Å². The summed E-state index contributed by atoms with van der Waals surface area (Å²) in [7, 11) is 1.67. The van der Waals surface area contributed by atoms with Crippen LogP contribution in [0.4, 0.5) is 8.78 Å². The zero-order valence-corrected chi connectivity index (χ0v) is 12.4. The molecule has 0 N–H and O–H groups in total. The number of hydrogen-bond donors (Lipinski definition) is 0. The van der Waals surface area contributed by atoms with Gasteiger partial charge in [0.2, 0.25) is 0 Å². The van der Waals surface area contributed by atoms with Gasteiger partial charge in [-0.2, -0.15) is 0 Å². The van der Waals surface area contributed by atoms with Gasteiger partial charge in [0.1, 0.15) is 11.6 Å². The summed E-state index contributed by atoms with van der Waals surface area (Å²) in [5.74, 6) is -1.16. The Hall–Kier alpha value is -0.710. The van der Waals surface area contributed by atoms with Crippen molar-refractivity contribution < 1.29 is 13.5 Å². The molecule has 1 aliphatic heterocycles. The lowest BCUT2D eigenvalue weighted by Crippen LogP contribution is -2.40. The molecule has 1 fully saturated rings. The van der Waals surface area contributed by atoms with Crippen molar-refractivity contribution in [2.75, 3.05) is 20.3 Å². The topological polar surface area (TPSA) is 12.5 Å². The van der Waals surface area contributed by atoms with Gasteiger partial charge in [0, 0.05) is 31.9 Å². The van der Waals surface area contributed by atoms with Gasteiger partial charge in [-0.25, -0.2) is 8.78 Å². The molecule has 0 amide bonds. The van der Waals surface area contributed by atoms with E-state index in [0.29, 0.717) is 12.6 Å². The van der Waals surface area contributed by atoms with E-state index in [4.69, 9.17) is 16.3 Å².